The molecule has 1 aromatic heterocycles. The Morgan fingerprint density at radius 3 is 2.43 bits per heavy atom. The highest BCUT2D eigenvalue weighted by molar-refractivity contribution is 5.94. The van der Waals surface area contributed by atoms with Crippen molar-refractivity contribution >= 4 is 28.8 Å². The van der Waals surface area contributed by atoms with E-state index >= 15 is 0 Å². The lowest BCUT2D eigenvalue weighted by Crippen LogP contribution is -2.39. The molecule has 7 heteroatoms. The molecule has 0 saturated carbocycles. The van der Waals surface area contributed by atoms with Crippen LogP contribution in [-0.4, -0.2) is 33.9 Å². The Morgan fingerprint density at radius 2 is 1.69 bits per heavy atom. The Morgan fingerprint density at radius 1 is 0.952 bits per heavy atom. The highest BCUT2D eigenvalue weighted by Crippen LogP contribution is 2.31. The van der Waals surface area contributed by atoms with Crippen molar-refractivity contribution in [2.24, 2.45) is 10.7 Å². The molecule has 0 aliphatic carbocycles. The molecule has 1 atom stereocenters. The molecule has 7 rings (SSSR count). The molecule has 2 aliphatic rings. The zero-order valence-electron chi connectivity index (χ0n) is 23.7. The lowest BCUT2D eigenvalue weighted by molar-refractivity contribution is 0.0999. The van der Waals surface area contributed by atoms with Crippen LogP contribution >= 0.6 is 0 Å². The molecule has 210 valence electrons. The Bertz CT molecular complexity index is 1840. The third kappa shape index (κ3) is 5.08. The van der Waals surface area contributed by atoms with Gasteiger partial charge >= 0.3 is 0 Å². The van der Waals surface area contributed by atoms with Crippen LogP contribution in [0.1, 0.15) is 57.8 Å². The summed E-state index contributed by atoms with van der Waals surface area (Å²) < 4.78 is 0. The number of rotatable bonds is 6. The summed E-state index contributed by atoms with van der Waals surface area (Å²) in [5.74, 6) is 1.17. The van der Waals surface area contributed by atoms with Crippen molar-refractivity contribution < 1.29 is 4.79 Å². The van der Waals surface area contributed by atoms with Gasteiger partial charge in [-0.3, -0.25) is 14.7 Å². The Kier molecular flexibility index (Phi) is 6.80. The summed E-state index contributed by atoms with van der Waals surface area (Å²) in [4.78, 5) is 30.2. The number of nitrogens with two attached hydrogens (primary N) is 1. The first-order valence-electron chi connectivity index (χ1n) is 14.6. The molecule has 42 heavy (non-hydrogen) atoms. The van der Waals surface area contributed by atoms with E-state index in [1.54, 1.807) is 0 Å². The number of hydrogen-bond acceptors (Lipinski definition) is 5. The van der Waals surface area contributed by atoms with Gasteiger partial charge in [0.05, 0.1) is 16.4 Å². The van der Waals surface area contributed by atoms with Gasteiger partial charge in [-0.15, -0.1) is 0 Å². The molecule has 1 fully saturated rings. The molecule has 2 aliphatic heterocycles. The second-order valence-corrected chi connectivity index (χ2v) is 11.4. The summed E-state index contributed by atoms with van der Waals surface area (Å²) in [6.45, 7) is 4.93. The molecule has 0 spiro atoms. The number of piperidine rings is 1. The molecule has 3 N–H and O–H groups in total. The Labute approximate surface area is 245 Å². The van der Waals surface area contributed by atoms with Gasteiger partial charge < -0.3 is 15.6 Å². The molecular weight excluding hydrogens is 520 g/mol. The van der Waals surface area contributed by atoms with E-state index in [-0.39, 0.29) is 6.17 Å². The molecule has 0 radical (unpaired) electrons. The predicted molar refractivity (Wildman–Crippen MR) is 166 cm³/mol. The number of H-pyrrole nitrogens is 1. The number of aromatic amines is 1. The number of amides is 1. The molecule has 7 nitrogen and oxygen atoms in total. The number of anilines is 1. The van der Waals surface area contributed by atoms with E-state index in [1.807, 2.05) is 43.3 Å². The van der Waals surface area contributed by atoms with Crippen LogP contribution in [0.15, 0.2) is 96.0 Å². The standard InChI is InChI=1S/C35H34N6O/c1-23-19-32-27(20-29(23)33(36)42)22-41(35(39-32)26-7-3-2-4-8-26)28-13-11-24(12-14-28)21-40-17-15-25(16-18-40)34-37-30-9-5-6-10-31(30)38-34/h2-14,19-20,22,25,35H,15-18,21H2,1H3,(H2,36,42)(H,37,38). The van der Waals surface area contributed by atoms with E-state index in [4.69, 9.17) is 15.7 Å². The zero-order valence-corrected chi connectivity index (χ0v) is 23.7. The maximum absolute atomic E-state index is 12.0. The lowest BCUT2D eigenvalue weighted by atomic mass is 9.96. The minimum absolute atomic E-state index is 0.208. The highest BCUT2D eigenvalue weighted by atomic mass is 16.1. The Hall–Kier alpha value is -4.75. The van der Waals surface area contributed by atoms with E-state index < -0.39 is 5.91 Å². The number of nitrogens with one attached hydrogen (secondary N) is 1. The number of carbonyl (C=O) groups excluding carboxylic acids is 1. The fourth-order valence-electron chi connectivity index (χ4n) is 6.24. The second-order valence-electron chi connectivity index (χ2n) is 11.4. The molecule has 0 bridgehead atoms. The van der Waals surface area contributed by atoms with Gasteiger partial charge in [0.25, 0.3) is 0 Å². The van der Waals surface area contributed by atoms with Crippen LogP contribution in [0.2, 0.25) is 0 Å². The summed E-state index contributed by atoms with van der Waals surface area (Å²) in [6.07, 6.45) is 4.09. The lowest BCUT2D eigenvalue weighted by Gasteiger charge is -2.32. The summed E-state index contributed by atoms with van der Waals surface area (Å²) in [7, 11) is 0. The van der Waals surface area contributed by atoms with Crippen molar-refractivity contribution in [1.29, 1.82) is 0 Å². The van der Waals surface area contributed by atoms with Crippen molar-refractivity contribution in [3.8, 4) is 0 Å². The van der Waals surface area contributed by atoms with Crippen molar-refractivity contribution in [3.05, 3.63) is 130 Å². The van der Waals surface area contributed by atoms with Crippen LogP contribution in [0.5, 0.6) is 0 Å². The fourth-order valence-corrected chi connectivity index (χ4v) is 6.24. The number of aromatic nitrogens is 2. The number of hydrogen-bond donors (Lipinski definition) is 2. The molecule has 1 amide bonds. The van der Waals surface area contributed by atoms with Crippen LogP contribution in [0, 0.1) is 6.92 Å². The largest absolute Gasteiger partial charge is 0.366 e. The average molecular weight is 555 g/mol. The number of primary amides is 1. The zero-order chi connectivity index (χ0) is 28.6. The minimum atomic E-state index is -0.425. The van der Waals surface area contributed by atoms with E-state index in [9.17, 15) is 4.79 Å². The van der Waals surface area contributed by atoms with Gasteiger partial charge in [0.2, 0.25) is 5.91 Å². The summed E-state index contributed by atoms with van der Waals surface area (Å²) >= 11 is 0. The normalized spacial score (nSPS) is 17.5. The summed E-state index contributed by atoms with van der Waals surface area (Å²) in [5, 5.41) is 1.75. The van der Waals surface area contributed by atoms with Gasteiger partial charge in [0, 0.05) is 35.1 Å². The van der Waals surface area contributed by atoms with Crippen molar-refractivity contribution in [2.75, 3.05) is 18.0 Å². The van der Waals surface area contributed by atoms with Crippen LogP contribution in [-0.2, 0) is 6.54 Å². The molecule has 5 aromatic rings. The highest BCUT2D eigenvalue weighted by Gasteiger charge is 2.24. The van der Waals surface area contributed by atoms with Gasteiger partial charge in [-0.1, -0.05) is 54.6 Å². The predicted octanol–water partition coefficient (Wildman–Crippen LogP) is 4.93. The van der Waals surface area contributed by atoms with Crippen LogP contribution in [0.3, 0.4) is 0 Å². The van der Waals surface area contributed by atoms with Gasteiger partial charge in [-0.25, -0.2) is 4.98 Å². The fraction of sp³-hybridized carbons (Fsp3) is 0.229. The van der Waals surface area contributed by atoms with Gasteiger partial charge in [0.15, 0.2) is 6.17 Å². The van der Waals surface area contributed by atoms with E-state index in [0.717, 1.165) is 76.7 Å². The number of likely N-dealkylation sites (tertiary alicyclic amines) is 1. The minimum Gasteiger partial charge on any atom is -0.366 e. The number of benzene rings is 4. The third-order valence-corrected chi connectivity index (χ3v) is 8.56. The smallest absolute Gasteiger partial charge is 0.248 e. The molecule has 3 heterocycles. The number of aryl methyl sites for hydroxylation is 1. The van der Waals surface area contributed by atoms with Gasteiger partial charge in [-0.2, -0.15) is 0 Å². The number of para-hydroxylation sites is 2. The van der Waals surface area contributed by atoms with Crippen molar-refractivity contribution in [3.63, 3.8) is 0 Å². The molecule has 4 aromatic carbocycles. The third-order valence-electron chi connectivity index (χ3n) is 8.56. The number of nitrogens with zero attached hydrogens (tertiary/aromatic N) is 4. The first kappa shape index (κ1) is 26.2. The SMILES string of the molecule is Cc1cc2c(cc1C(N)=O)=CN(c1ccc(CN3CCC(c4nc5ccccc5[nH]4)CC3)cc1)C(c1ccccc1)N=2. The molecule has 1 saturated heterocycles. The number of imidazole rings is 1. The monoisotopic (exact) mass is 554 g/mol. The van der Waals surface area contributed by atoms with Crippen LogP contribution in [0.25, 0.3) is 17.2 Å². The quantitative estimate of drug-likeness (QED) is 0.312. The summed E-state index contributed by atoms with van der Waals surface area (Å²) in [6, 6.07) is 31.2. The van der Waals surface area contributed by atoms with E-state index in [1.165, 1.54) is 5.56 Å². The van der Waals surface area contributed by atoms with Gasteiger partial charge in [-0.05, 0) is 85.9 Å². The Balaban J connectivity index is 1.09. The van der Waals surface area contributed by atoms with Crippen molar-refractivity contribution in [1.82, 2.24) is 14.9 Å². The van der Waals surface area contributed by atoms with Crippen LogP contribution in [0.4, 0.5) is 5.69 Å². The number of carbonyl (C=O) groups is 1. The van der Waals surface area contributed by atoms with Crippen LogP contribution < -0.4 is 21.2 Å². The van der Waals surface area contributed by atoms with Crippen molar-refractivity contribution in [2.45, 2.75) is 38.4 Å². The molecule has 1 unspecified atom stereocenters. The topological polar surface area (TPSA) is 90.6 Å². The summed E-state index contributed by atoms with van der Waals surface area (Å²) in [5.41, 5.74) is 12.6. The first-order valence-corrected chi connectivity index (χ1v) is 14.6. The molecular formula is C35H34N6O. The number of fused-ring (bicyclic) bond motifs is 2. The second kappa shape index (κ2) is 10.9. The van der Waals surface area contributed by atoms with E-state index in [0.29, 0.717) is 11.5 Å². The maximum Gasteiger partial charge on any atom is 0.248 e. The van der Waals surface area contributed by atoms with E-state index in [2.05, 4.69) is 75.6 Å². The maximum atomic E-state index is 12.0. The average Bonchev–Trinajstić information content (AvgIpc) is 3.46. The van der Waals surface area contributed by atoms with Gasteiger partial charge in [0.1, 0.15) is 5.82 Å². The first-order chi connectivity index (χ1) is 20.5.